The molecule has 1 unspecified atom stereocenters. The van der Waals surface area contributed by atoms with Crippen LogP contribution in [-0.2, 0) is 10.2 Å². The van der Waals surface area contributed by atoms with Crippen LogP contribution in [0.25, 0.3) is 0 Å². The highest BCUT2D eigenvalue weighted by atomic mass is 19.3. The number of hydrogen-bond acceptors (Lipinski definition) is 2. The fourth-order valence-corrected chi connectivity index (χ4v) is 2.66. The summed E-state index contributed by atoms with van der Waals surface area (Å²) in [7, 11) is 1.34. The van der Waals surface area contributed by atoms with Crippen molar-refractivity contribution in [1.29, 1.82) is 0 Å². The van der Waals surface area contributed by atoms with E-state index >= 15 is 0 Å². The summed E-state index contributed by atoms with van der Waals surface area (Å²) in [4.78, 5) is 25.3. The molecular formula is C14H15F2NO2. The number of alkyl halides is 2. The van der Waals surface area contributed by atoms with Crippen LogP contribution in [0.3, 0.4) is 0 Å². The van der Waals surface area contributed by atoms with E-state index in [-0.39, 0.29) is 0 Å². The zero-order valence-corrected chi connectivity index (χ0v) is 11.0. The Balaban J connectivity index is 2.70. The first-order chi connectivity index (χ1) is 8.79. The van der Waals surface area contributed by atoms with Gasteiger partial charge in [-0.25, -0.2) is 8.78 Å². The lowest BCUT2D eigenvalue weighted by molar-refractivity contribution is -0.135. The number of imide groups is 1. The Morgan fingerprint density at radius 3 is 2.53 bits per heavy atom. The lowest BCUT2D eigenvalue weighted by atomic mass is 9.72. The second kappa shape index (κ2) is 4.40. The number of rotatable bonds is 2. The highest BCUT2D eigenvalue weighted by Gasteiger charge is 2.47. The molecule has 1 aromatic carbocycles. The average Bonchev–Trinajstić information content (AvgIpc) is 2.33. The van der Waals surface area contributed by atoms with Crippen LogP contribution in [0, 0.1) is 6.92 Å². The highest BCUT2D eigenvalue weighted by Crippen LogP contribution is 2.39. The Bertz CT molecular complexity index is 556. The number of likely N-dealkylation sites (N-methyl/N-ethyl adjacent to an activating group) is 1. The summed E-state index contributed by atoms with van der Waals surface area (Å²) in [6.45, 7) is 3.21. The Morgan fingerprint density at radius 2 is 1.95 bits per heavy atom. The Labute approximate surface area is 110 Å². The molecule has 3 nitrogen and oxygen atoms in total. The molecule has 0 saturated heterocycles. The zero-order valence-electron chi connectivity index (χ0n) is 11.0. The molecule has 1 heterocycles. The van der Waals surface area contributed by atoms with E-state index in [1.54, 1.807) is 25.1 Å². The summed E-state index contributed by atoms with van der Waals surface area (Å²) >= 11 is 0. The molecule has 0 aliphatic carbocycles. The van der Waals surface area contributed by atoms with Gasteiger partial charge in [-0.2, -0.15) is 0 Å². The van der Waals surface area contributed by atoms with Gasteiger partial charge in [-0.05, 0) is 25.0 Å². The van der Waals surface area contributed by atoms with Crippen molar-refractivity contribution in [2.75, 3.05) is 7.05 Å². The van der Waals surface area contributed by atoms with Crippen LogP contribution < -0.4 is 0 Å². The minimum atomic E-state index is -2.61. The lowest BCUT2D eigenvalue weighted by Gasteiger charge is -2.38. The third kappa shape index (κ3) is 1.93. The summed E-state index contributed by atoms with van der Waals surface area (Å²) in [5.41, 5.74) is 0.119. The van der Waals surface area contributed by atoms with Crippen molar-refractivity contribution in [3.8, 4) is 0 Å². The number of carbonyl (C=O) groups is 2. The zero-order chi connectivity index (χ0) is 14.4. The summed E-state index contributed by atoms with van der Waals surface area (Å²) < 4.78 is 25.6. The molecule has 1 aliphatic rings. The molecule has 5 heteroatoms. The number of hydrogen-bond donors (Lipinski definition) is 0. The number of halogens is 2. The molecule has 0 spiro atoms. The maximum absolute atomic E-state index is 12.8. The number of fused-ring (bicyclic) bond motifs is 1. The maximum atomic E-state index is 12.8. The Kier molecular flexibility index (Phi) is 3.16. The molecule has 0 bridgehead atoms. The molecule has 0 N–H and O–H groups in total. The Morgan fingerprint density at radius 1 is 1.32 bits per heavy atom. The molecule has 2 amide bonds. The standard InChI is InChI=1S/C14H15F2NO2/c1-8-5-4-6-9-11(8)12(18)17(3)13(19)14(9,2)7-10(15)16/h4-6,10H,7H2,1-3H3. The van der Waals surface area contributed by atoms with E-state index in [4.69, 9.17) is 0 Å². The number of carbonyl (C=O) groups excluding carboxylic acids is 2. The summed E-state index contributed by atoms with van der Waals surface area (Å²) in [6, 6.07) is 5.01. The molecule has 1 aliphatic heterocycles. The van der Waals surface area contributed by atoms with Crippen molar-refractivity contribution in [2.45, 2.75) is 32.1 Å². The topological polar surface area (TPSA) is 37.4 Å². The number of amides is 2. The van der Waals surface area contributed by atoms with E-state index < -0.39 is 30.1 Å². The van der Waals surface area contributed by atoms with E-state index in [1.807, 2.05) is 0 Å². The molecular weight excluding hydrogens is 252 g/mol. The SMILES string of the molecule is Cc1cccc2c1C(=O)N(C)C(=O)C2(C)CC(F)F. The van der Waals surface area contributed by atoms with Crippen LogP contribution in [0.5, 0.6) is 0 Å². The van der Waals surface area contributed by atoms with E-state index in [1.165, 1.54) is 14.0 Å². The predicted molar refractivity (Wildman–Crippen MR) is 66.3 cm³/mol. The van der Waals surface area contributed by atoms with Gasteiger partial charge in [0, 0.05) is 19.0 Å². The molecule has 0 saturated carbocycles. The molecule has 102 valence electrons. The maximum Gasteiger partial charge on any atom is 0.260 e. The Hall–Kier alpha value is -1.78. The van der Waals surface area contributed by atoms with Gasteiger partial charge in [0.15, 0.2) is 0 Å². The second-order valence-electron chi connectivity index (χ2n) is 5.09. The van der Waals surface area contributed by atoms with Crippen LogP contribution in [0.15, 0.2) is 18.2 Å². The minimum Gasteiger partial charge on any atom is -0.281 e. The third-order valence-corrected chi connectivity index (χ3v) is 3.72. The van der Waals surface area contributed by atoms with Crippen molar-refractivity contribution in [3.63, 3.8) is 0 Å². The average molecular weight is 267 g/mol. The van der Waals surface area contributed by atoms with E-state index in [9.17, 15) is 18.4 Å². The fourth-order valence-electron chi connectivity index (χ4n) is 2.66. The lowest BCUT2D eigenvalue weighted by Crippen LogP contribution is -2.52. The van der Waals surface area contributed by atoms with Crippen molar-refractivity contribution in [2.24, 2.45) is 0 Å². The molecule has 19 heavy (non-hydrogen) atoms. The van der Waals surface area contributed by atoms with E-state index in [0.717, 1.165) is 4.90 Å². The van der Waals surface area contributed by atoms with Gasteiger partial charge in [0.2, 0.25) is 12.3 Å². The van der Waals surface area contributed by atoms with Crippen molar-refractivity contribution >= 4 is 11.8 Å². The van der Waals surface area contributed by atoms with Crippen LogP contribution in [0.2, 0.25) is 0 Å². The van der Waals surface area contributed by atoms with E-state index in [2.05, 4.69) is 0 Å². The van der Waals surface area contributed by atoms with Crippen molar-refractivity contribution in [1.82, 2.24) is 4.90 Å². The van der Waals surface area contributed by atoms with Gasteiger partial charge in [-0.1, -0.05) is 18.2 Å². The van der Waals surface area contributed by atoms with Gasteiger partial charge in [0.1, 0.15) is 0 Å². The third-order valence-electron chi connectivity index (χ3n) is 3.72. The monoisotopic (exact) mass is 267 g/mol. The number of aryl methyl sites for hydroxylation is 1. The van der Waals surface area contributed by atoms with E-state index in [0.29, 0.717) is 16.7 Å². The van der Waals surface area contributed by atoms with Gasteiger partial charge < -0.3 is 0 Å². The molecule has 1 aromatic rings. The number of benzene rings is 1. The molecule has 0 radical (unpaired) electrons. The quantitative estimate of drug-likeness (QED) is 0.772. The normalized spacial score (nSPS) is 22.9. The second-order valence-corrected chi connectivity index (χ2v) is 5.09. The first-order valence-corrected chi connectivity index (χ1v) is 5.99. The minimum absolute atomic E-state index is 0.368. The van der Waals surface area contributed by atoms with Crippen LogP contribution in [0.4, 0.5) is 8.78 Å². The number of nitrogens with zero attached hydrogens (tertiary/aromatic N) is 1. The molecule has 0 aromatic heterocycles. The smallest absolute Gasteiger partial charge is 0.260 e. The first kappa shape index (κ1) is 13.6. The molecule has 1 atom stereocenters. The summed E-state index contributed by atoms with van der Waals surface area (Å²) in [6.07, 6.45) is -3.19. The molecule has 0 fully saturated rings. The van der Waals surface area contributed by atoms with Gasteiger partial charge in [-0.3, -0.25) is 14.5 Å². The fraction of sp³-hybridized carbons (Fsp3) is 0.429. The largest absolute Gasteiger partial charge is 0.281 e. The van der Waals surface area contributed by atoms with Crippen molar-refractivity contribution < 1.29 is 18.4 Å². The molecule has 2 rings (SSSR count). The van der Waals surface area contributed by atoms with Crippen LogP contribution >= 0.6 is 0 Å². The summed E-state index contributed by atoms with van der Waals surface area (Å²) in [5.74, 6) is -0.999. The summed E-state index contributed by atoms with van der Waals surface area (Å²) in [5, 5.41) is 0. The predicted octanol–water partition coefficient (Wildman–Crippen LogP) is 2.52. The van der Waals surface area contributed by atoms with Crippen LogP contribution in [-0.4, -0.2) is 30.2 Å². The van der Waals surface area contributed by atoms with Crippen molar-refractivity contribution in [3.05, 3.63) is 34.9 Å². The van der Waals surface area contributed by atoms with Gasteiger partial charge in [0.25, 0.3) is 5.91 Å². The van der Waals surface area contributed by atoms with Gasteiger partial charge in [0.05, 0.1) is 5.41 Å². The highest BCUT2D eigenvalue weighted by molar-refractivity contribution is 6.13. The van der Waals surface area contributed by atoms with Gasteiger partial charge >= 0.3 is 0 Å². The first-order valence-electron chi connectivity index (χ1n) is 5.99. The van der Waals surface area contributed by atoms with Gasteiger partial charge in [-0.15, -0.1) is 0 Å². The van der Waals surface area contributed by atoms with Crippen LogP contribution in [0.1, 0.15) is 34.8 Å².